The first-order valence-corrected chi connectivity index (χ1v) is 8.47. The third-order valence-corrected chi connectivity index (χ3v) is 4.17. The Morgan fingerprint density at radius 2 is 1.96 bits per heavy atom. The number of aryl methyl sites for hydroxylation is 3. The smallest absolute Gasteiger partial charge is 0.224 e. The second-order valence-electron chi connectivity index (χ2n) is 5.97. The van der Waals surface area contributed by atoms with Gasteiger partial charge in [-0.25, -0.2) is 4.98 Å². The maximum absolute atomic E-state index is 12.2. The third kappa shape index (κ3) is 4.28. The number of aromatic nitrogens is 1. The van der Waals surface area contributed by atoms with E-state index in [1.165, 1.54) is 0 Å². The van der Waals surface area contributed by atoms with E-state index in [2.05, 4.69) is 10.3 Å². The molecule has 1 amide bonds. The van der Waals surface area contributed by atoms with Crippen LogP contribution in [-0.4, -0.2) is 10.9 Å². The molecule has 0 unspecified atom stereocenters. The van der Waals surface area contributed by atoms with Crippen molar-refractivity contribution in [2.45, 2.75) is 26.7 Å². The van der Waals surface area contributed by atoms with Gasteiger partial charge in [0.05, 0.1) is 16.9 Å². The molecule has 0 aliphatic rings. The molecule has 25 heavy (non-hydrogen) atoms. The first-order valence-electron chi connectivity index (χ1n) is 8.09. The Balaban J connectivity index is 1.61. The van der Waals surface area contributed by atoms with Crippen LogP contribution in [-0.2, 0) is 11.2 Å². The van der Waals surface area contributed by atoms with E-state index in [0.717, 1.165) is 16.7 Å². The molecular weight excluding hydrogens is 336 g/mol. The number of hydrogen-bond acceptors (Lipinski definition) is 3. The number of rotatable bonds is 5. The predicted molar refractivity (Wildman–Crippen MR) is 99.8 cm³/mol. The monoisotopic (exact) mass is 354 g/mol. The zero-order chi connectivity index (χ0) is 17.8. The lowest BCUT2D eigenvalue weighted by Gasteiger charge is -2.11. The Kier molecular flexibility index (Phi) is 5.19. The lowest BCUT2D eigenvalue weighted by molar-refractivity contribution is -0.116. The molecule has 0 bridgehead atoms. The number of hydrogen-bond donors (Lipinski definition) is 1. The lowest BCUT2D eigenvalue weighted by Crippen LogP contribution is -2.13. The standard InChI is InChI=1S/C20H19ClN2O2/c1-13-10-14(2)20(16(21)11-13)23-18(24)8-9-19-22-12-17(25-19)15-6-4-3-5-7-15/h3-7,10-12H,8-9H2,1-2H3,(H,23,24). The van der Waals surface area contributed by atoms with Gasteiger partial charge in [-0.05, 0) is 31.0 Å². The van der Waals surface area contributed by atoms with Crippen LogP contribution in [0.2, 0.25) is 5.02 Å². The van der Waals surface area contributed by atoms with E-state index in [1.54, 1.807) is 6.20 Å². The zero-order valence-electron chi connectivity index (χ0n) is 14.2. The highest BCUT2D eigenvalue weighted by molar-refractivity contribution is 6.34. The Labute approximate surface area is 151 Å². The van der Waals surface area contributed by atoms with Crippen LogP contribution in [0.15, 0.2) is 53.1 Å². The highest BCUT2D eigenvalue weighted by Gasteiger charge is 2.12. The molecular formula is C20H19ClN2O2. The van der Waals surface area contributed by atoms with E-state index in [1.807, 2.05) is 56.3 Å². The van der Waals surface area contributed by atoms with Gasteiger partial charge in [0.25, 0.3) is 0 Å². The number of benzene rings is 2. The summed E-state index contributed by atoms with van der Waals surface area (Å²) in [5.74, 6) is 1.13. The van der Waals surface area contributed by atoms with E-state index in [0.29, 0.717) is 28.8 Å². The number of oxazole rings is 1. The van der Waals surface area contributed by atoms with Gasteiger partial charge < -0.3 is 9.73 Å². The van der Waals surface area contributed by atoms with Gasteiger partial charge in [0.1, 0.15) is 0 Å². The number of amides is 1. The van der Waals surface area contributed by atoms with Gasteiger partial charge in [-0.3, -0.25) is 4.79 Å². The molecule has 5 heteroatoms. The lowest BCUT2D eigenvalue weighted by atomic mass is 10.1. The van der Waals surface area contributed by atoms with Crippen molar-refractivity contribution in [3.05, 3.63) is 70.7 Å². The number of nitrogens with one attached hydrogen (secondary N) is 1. The number of anilines is 1. The second-order valence-corrected chi connectivity index (χ2v) is 6.38. The molecule has 0 fully saturated rings. The molecule has 2 aromatic carbocycles. The average Bonchev–Trinajstić information content (AvgIpc) is 3.06. The Morgan fingerprint density at radius 3 is 2.68 bits per heavy atom. The molecule has 0 radical (unpaired) electrons. The summed E-state index contributed by atoms with van der Waals surface area (Å²) in [6.45, 7) is 3.89. The SMILES string of the molecule is Cc1cc(C)c(NC(=O)CCc2ncc(-c3ccccc3)o2)c(Cl)c1. The largest absolute Gasteiger partial charge is 0.441 e. The van der Waals surface area contributed by atoms with Gasteiger partial charge in [-0.15, -0.1) is 0 Å². The van der Waals surface area contributed by atoms with E-state index < -0.39 is 0 Å². The van der Waals surface area contributed by atoms with Gasteiger partial charge in [-0.2, -0.15) is 0 Å². The van der Waals surface area contributed by atoms with Crippen molar-refractivity contribution in [2.75, 3.05) is 5.32 Å². The van der Waals surface area contributed by atoms with E-state index in [4.69, 9.17) is 16.0 Å². The molecule has 3 rings (SSSR count). The summed E-state index contributed by atoms with van der Waals surface area (Å²) in [4.78, 5) is 16.5. The number of carbonyl (C=O) groups excluding carboxylic acids is 1. The fourth-order valence-electron chi connectivity index (χ4n) is 2.66. The molecule has 0 atom stereocenters. The topological polar surface area (TPSA) is 55.1 Å². The molecule has 3 aromatic rings. The number of nitrogens with zero attached hydrogens (tertiary/aromatic N) is 1. The van der Waals surface area contributed by atoms with Gasteiger partial charge in [0, 0.05) is 18.4 Å². The quantitative estimate of drug-likeness (QED) is 0.686. The van der Waals surface area contributed by atoms with Crippen molar-refractivity contribution in [1.82, 2.24) is 4.98 Å². The normalized spacial score (nSPS) is 10.7. The van der Waals surface area contributed by atoms with Crippen LogP contribution in [0, 0.1) is 13.8 Å². The van der Waals surface area contributed by atoms with Crippen molar-refractivity contribution >= 4 is 23.2 Å². The fourth-order valence-corrected chi connectivity index (χ4v) is 3.03. The summed E-state index contributed by atoms with van der Waals surface area (Å²) in [6.07, 6.45) is 2.39. The molecule has 0 aliphatic heterocycles. The van der Waals surface area contributed by atoms with Crippen LogP contribution >= 0.6 is 11.6 Å². The predicted octanol–water partition coefficient (Wildman–Crippen LogP) is 5.18. The Bertz CT molecular complexity index is 865. The molecule has 0 spiro atoms. The van der Waals surface area contributed by atoms with Crippen LogP contribution < -0.4 is 5.32 Å². The summed E-state index contributed by atoms with van der Waals surface area (Å²) in [7, 11) is 0. The second kappa shape index (κ2) is 7.53. The number of halogens is 1. The number of carbonyl (C=O) groups is 1. The highest BCUT2D eigenvalue weighted by Crippen LogP contribution is 2.27. The van der Waals surface area contributed by atoms with Crippen LogP contribution in [0.1, 0.15) is 23.4 Å². The molecule has 0 saturated carbocycles. The molecule has 4 nitrogen and oxygen atoms in total. The fraction of sp³-hybridized carbons (Fsp3) is 0.200. The van der Waals surface area contributed by atoms with E-state index in [9.17, 15) is 4.79 Å². The van der Waals surface area contributed by atoms with Crippen molar-refractivity contribution < 1.29 is 9.21 Å². The first kappa shape index (κ1) is 17.2. The van der Waals surface area contributed by atoms with Crippen molar-refractivity contribution in [2.24, 2.45) is 0 Å². The molecule has 0 saturated heterocycles. The maximum atomic E-state index is 12.2. The minimum absolute atomic E-state index is 0.117. The van der Waals surface area contributed by atoms with Crippen LogP contribution in [0.5, 0.6) is 0 Å². The minimum atomic E-state index is -0.117. The van der Waals surface area contributed by atoms with Crippen molar-refractivity contribution in [3.8, 4) is 11.3 Å². The minimum Gasteiger partial charge on any atom is -0.441 e. The Hall–Kier alpha value is -2.59. The van der Waals surface area contributed by atoms with Crippen LogP contribution in [0.25, 0.3) is 11.3 Å². The summed E-state index contributed by atoms with van der Waals surface area (Å²) in [5, 5.41) is 3.42. The van der Waals surface area contributed by atoms with Gasteiger partial charge >= 0.3 is 0 Å². The van der Waals surface area contributed by atoms with Crippen LogP contribution in [0.3, 0.4) is 0 Å². The van der Waals surface area contributed by atoms with Gasteiger partial charge in [-0.1, -0.05) is 48.0 Å². The zero-order valence-corrected chi connectivity index (χ0v) is 14.9. The molecule has 1 N–H and O–H groups in total. The molecule has 128 valence electrons. The molecule has 1 aromatic heterocycles. The van der Waals surface area contributed by atoms with Crippen molar-refractivity contribution in [1.29, 1.82) is 0 Å². The third-order valence-electron chi connectivity index (χ3n) is 3.87. The van der Waals surface area contributed by atoms with Gasteiger partial charge in [0.2, 0.25) is 5.91 Å². The first-order chi connectivity index (χ1) is 12.0. The summed E-state index contributed by atoms with van der Waals surface area (Å²) < 4.78 is 5.72. The molecule has 1 heterocycles. The maximum Gasteiger partial charge on any atom is 0.224 e. The van der Waals surface area contributed by atoms with Crippen molar-refractivity contribution in [3.63, 3.8) is 0 Å². The van der Waals surface area contributed by atoms with E-state index >= 15 is 0 Å². The summed E-state index contributed by atoms with van der Waals surface area (Å²) in [6, 6.07) is 13.6. The Morgan fingerprint density at radius 1 is 1.20 bits per heavy atom. The van der Waals surface area contributed by atoms with Gasteiger partial charge in [0.15, 0.2) is 11.7 Å². The highest BCUT2D eigenvalue weighted by atomic mass is 35.5. The van der Waals surface area contributed by atoms with Crippen LogP contribution in [0.4, 0.5) is 5.69 Å². The average molecular weight is 355 g/mol. The summed E-state index contributed by atoms with van der Waals surface area (Å²) >= 11 is 6.22. The summed E-state index contributed by atoms with van der Waals surface area (Å²) in [5.41, 5.74) is 3.64. The van der Waals surface area contributed by atoms with E-state index in [-0.39, 0.29) is 12.3 Å². The molecule has 0 aliphatic carbocycles.